The average molecular weight is 298 g/mol. The molecule has 1 aliphatic heterocycles. The van der Waals surface area contributed by atoms with E-state index in [4.69, 9.17) is 0 Å². The minimum Gasteiger partial charge on any atom is -0.353 e. The zero-order valence-corrected chi connectivity index (χ0v) is 13.2. The van der Waals surface area contributed by atoms with Crippen molar-refractivity contribution in [2.24, 2.45) is 17.3 Å². The van der Waals surface area contributed by atoms with Crippen LogP contribution in [0.15, 0.2) is 30.3 Å². The summed E-state index contributed by atoms with van der Waals surface area (Å²) < 4.78 is 0. The van der Waals surface area contributed by atoms with Gasteiger partial charge in [-0.15, -0.1) is 0 Å². The summed E-state index contributed by atoms with van der Waals surface area (Å²) in [4.78, 5) is 12.9. The Bertz CT molecular complexity index is 544. The van der Waals surface area contributed by atoms with Gasteiger partial charge in [-0.3, -0.25) is 4.79 Å². The molecule has 22 heavy (non-hydrogen) atoms. The van der Waals surface area contributed by atoms with Crippen LogP contribution in [0.5, 0.6) is 0 Å². The summed E-state index contributed by atoms with van der Waals surface area (Å²) in [5, 5.41) is 6.85. The van der Waals surface area contributed by atoms with Gasteiger partial charge in [0, 0.05) is 12.6 Å². The zero-order chi connectivity index (χ0) is 15.0. The van der Waals surface area contributed by atoms with Crippen molar-refractivity contribution >= 4 is 5.91 Å². The first-order chi connectivity index (χ1) is 10.8. The second kappa shape index (κ2) is 5.69. The quantitative estimate of drug-likeness (QED) is 0.897. The molecule has 3 fully saturated rings. The third-order valence-corrected chi connectivity index (χ3v) is 6.07. The molecule has 2 N–H and O–H groups in total. The van der Waals surface area contributed by atoms with Crippen LogP contribution < -0.4 is 10.6 Å². The number of amides is 1. The van der Waals surface area contributed by atoms with Crippen molar-refractivity contribution in [2.45, 2.75) is 44.6 Å². The third kappa shape index (κ3) is 2.56. The number of hydrogen-bond acceptors (Lipinski definition) is 2. The monoisotopic (exact) mass is 298 g/mol. The van der Waals surface area contributed by atoms with Crippen molar-refractivity contribution < 1.29 is 4.79 Å². The molecular formula is C19H26N2O. The van der Waals surface area contributed by atoms with Crippen LogP contribution in [-0.4, -0.2) is 25.0 Å². The summed E-state index contributed by atoms with van der Waals surface area (Å²) in [6, 6.07) is 11.0. The molecule has 0 spiro atoms. The second-order valence-corrected chi connectivity index (χ2v) is 7.50. The summed E-state index contributed by atoms with van der Waals surface area (Å²) >= 11 is 0. The Morgan fingerprint density at radius 1 is 1.27 bits per heavy atom. The van der Waals surface area contributed by atoms with E-state index in [9.17, 15) is 4.79 Å². The molecule has 4 atom stereocenters. The fourth-order valence-electron chi connectivity index (χ4n) is 4.57. The van der Waals surface area contributed by atoms with Crippen LogP contribution >= 0.6 is 0 Å². The minimum absolute atomic E-state index is 0.0991. The molecule has 1 saturated heterocycles. The standard InChI is InChI=1S/C19H26N2O/c22-18(19-9-5-4-8-16(19)12-20-13-19)21-17-11-15(17)10-14-6-2-1-3-7-14/h1-3,6-7,15-17,20H,4-5,8-13H2,(H,21,22)/t15?,16-,17?,19+/m0/s1. The predicted molar refractivity (Wildman–Crippen MR) is 87.4 cm³/mol. The van der Waals surface area contributed by atoms with Gasteiger partial charge in [0.1, 0.15) is 0 Å². The Morgan fingerprint density at radius 3 is 3.00 bits per heavy atom. The highest BCUT2D eigenvalue weighted by atomic mass is 16.2. The Morgan fingerprint density at radius 2 is 2.14 bits per heavy atom. The summed E-state index contributed by atoms with van der Waals surface area (Å²) in [7, 11) is 0. The van der Waals surface area contributed by atoms with Gasteiger partial charge < -0.3 is 10.6 Å². The lowest BCUT2D eigenvalue weighted by atomic mass is 9.67. The lowest BCUT2D eigenvalue weighted by Gasteiger charge is -2.37. The smallest absolute Gasteiger partial charge is 0.228 e. The first kappa shape index (κ1) is 14.3. The third-order valence-electron chi connectivity index (χ3n) is 6.07. The van der Waals surface area contributed by atoms with Gasteiger partial charge in [-0.05, 0) is 49.6 Å². The molecule has 0 bridgehead atoms. The lowest BCUT2D eigenvalue weighted by molar-refractivity contribution is -0.134. The van der Waals surface area contributed by atoms with Gasteiger partial charge in [0.25, 0.3) is 0 Å². The van der Waals surface area contributed by atoms with E-state index >= 15 is 0 Å². The average Bonchev–Trinajstić information content (AvgIpc) is 3.12. The highest BCUT2D eigenvalue weighted by Crippen LogP contribution is 2.45. The molecule has 3 aliphatic rings. The van der Waals surface area contributed by atoms with Gasteiger partial charge in [-0.1, -0.05) is 43.2 Å². The summed E-state index contributed by atoms with van der Waals surface area (Å²) in [6.07, 6.45) is 7.05. The van der Waals surface area contributed by atoms with Crippen LogP contribution in [0.3, 0.4) is 0 Å². The van der Waals surface area contributed by atoms with E-state index in [2.05, 4.69) is 41.0 Å². The van der Waals surface area contributed by atoms with E-state index in [1.54, 1.807) is 0 Å². The van der Waals surface area contributed by atoms with Crippen LogP contribution in [0.4, 0.5) is 0 Å². The van der Waals surface area contributed by atoms with Crippen LogP contribution in [-0.2, 0) is 11.2 Å². The lowest BCUT2D eigenvalue weighted by Crippen LogP contribution is -2.48. The van der Waals surface area contributed by atoms with Gasteiger partial charge in [0.2, 0.25) is 5.91 Å². The Labute approximate surface area is 132 Å². The van der Waals surface area contributed by atoms with Gasteiger partial charge in [-0.2, -0.15) is 0 Å². The van der Waals surface area contributed by atoms with Gasteiger partial charge in [-0.25, -0.2) is 0 Å². The van der Waals surface area contributed by atoms with E-state index in [0.29, 0.717) is 23.8 Å². The number of carbonyl (C=O) groups is 1. The van der Waals surface area contributed by atoms with Gasteiger partial charge >= 0.3 is 0 Å². The maximum atomic E-state index is 12.9. The van der Waals surface area contributed by atoms with E-state index < -0.39 is 0 Å². The van der Waals surface area contributed by atoms with Crippen molar-refractivity contribution in [3.05, 3.63) is 35.9 Å². The fraction of sp³-hybridized carbons (Fsp3) is 0.632. The van der Waals surface area contributed by atoms with Gasteiger partial charge in [0.05, 0.1) is 5.41 Å². The number of fused-ring (bicyclic) bond motifs is 1. The largest absolute Gasteiger partial charge is 0.353 e. The molecular weight excluding hydrogens is 272 g/mol. The highest BCUT2D eigenvalue weighted by molar-refractivity contribution is 5.84. The Hall–Kier alpha value is -1.35. The summed E-state index contributed by atoms with van der Waals surface area (Å²) in [5.74, 6) is 1.54. The van der Waals surface area contributed by atoms with Crippen LogP contribution in [0.25, 0.3) is 0 Å². The molecule has 0 radical (unpaired) electrons. The first-order valence-electron chi connectivity index (χ1n) is 8.83. The maximum absolute atomic E-state index is 12.9. The second-order valence-electron chi connectivity index (χ2n) is 7.50. The number of rotatable bonds is 4. The Balaban J connectivity index is 1.35. The zero-order valence-electron chi connectivity index (χ0n) is 13.2. The van der Waals surface area contributed by atoms with Crippen LogP contribution in [0.2, 0.25) is 0 Å². The van der Waals surface area contributed by atoms with Crippen molar-refractivity contribution in [2.75, 3.05) is 13.1 Å². The molecule has 1 amide bonds. The van der Waals surface area contributed by atoms with E-state index in [1.165, 1.54) is 24.8 Å². The first-order valence-corrected chi connectivity index (χ1v) is 8.83. The van der Waals surface area contributed by atoms with Crippen molar-refractivity contribution in [1.82, 2.24) is 10.6 Å². The summed E-state index contributed by atoms with van der Waals surface area (Å²) in [5.41, 5.74) is 1.29. The summed E-state index contributed by atoms with van der Waals surface area (Å²) in [6.45, 7) is 1.92. The highest BCUT2D eigenvalue weighted by Gasteiger charge is 2.51. The van der Waals surface area contributed by atoms with E-state index in [1.807, 2.05) is 0 Å². The van der Waals surface area contributed by atoms with Crippen molar-refractivity contribution in [3.8, 4) is 0 Å². The van der Waals surface area contributed by atoms with Gasteiger partial charge in [0.15, 0.2) is 0 Å². The van der Waals surface area contributed by atoms with Crippen LogP contribution in [0.1, 0.15) is 37.7 Å². The molecule has 1 aromatic rings. The predicted octanol–water partition coefficient (Wildman–Crippen LogP) is 2.51. The number of carbonyl (C=O) groups excluding carboxylic acids is 1. The van der Waals surface area contributed by atoms with Crippen LogP contribution in [0, 0.1) is 17.3 Å². The molecule has 2 unspecified atom stereocenters. The molecule has 2 saturated carbocycles. The molecule has 2 aliphatic carbocycles. The SMILES string of the molecule is O=C(NC1CC1Cc1ccccc1)[C@@]12CCCC[C@H]1CNC2. The van der Waals surface area contributed by atoms with Crippen molar-refractivity contribution in [1.29, 1.82) is 0 Å². The number of hydrogen-bond donors (Lipinski definition) is 2. The maximum Gasteiger partial charge on any atom is 0.228 e. The van der Waals surface area contributed by atoms with Crippen molar-refractivity contribution in [3.63, 3.8) is 0 Å². The minimum atomic E-state index is -0.0991. The molecule has 3 heteroatoms. The van der Waals surface area contributed by atoms with E-state index in [-0.39, 0.29) is 5.41 Å². The molecule has 1 aromatic carbocycles. The Kier molecular flexibility index (Phi) is 3.69. The topological polar surface area (TPSA) is 41.1 Å². The molecule has 0 aromatic heterocycles. The molecule has 118 valence electrons. The fourth-order valence-corrected chi connectivity index (χ4v) is 4.57. The molecule has 3 nitrogen and oxygen atoms in total. The number of benzene rings is 1. The molecule has 4 rings (SSSR count). The number of nitrogens with one attached hydrogen (secondary N) is 2. The normalized spacial score (nSPS) is 36.6. The van der Waals surface area contributed by atoms with E-state index in [0.717, 1.165) is 32.4 Å². The molecule has 1 heterocycles.